The van der Waals surface area contributed by atoms with Gasteiger partial charge in [-0.3, -0.25) is 0 Å². The van der Waals surface area contributed by atoms with Crippen molar-refractivity contribution >= 4 is 10.0 Å². The van der Waals surface area contributed by atoms with Gasteiger partial charge in [0.1, 0.15) is 0 Å². The summed E-state index contributed by atoms with van der Waals surface area (Å²) in [6, 6.07) is 7.67. The van der Waals surface area contributed by atoms with Crippen molar-refractivity contribution < 1.29 is 8.42 Å². The fourth-order valence-electron chi connectivity index (χ4n) is 1.73. The topological polar surface area (TPSA) is 63.4 Å². The lowest BCUT2D eigenvalue weighted by atomic mass is 10.1. The maximum Gasteiger partial charge on any atom is 0.214 e. The Balaban J connectivity index is 2.78. The minimum absolute atomic E-state index is 0.213. The molecule has 0 aromatic heterocycles. The molecule has 102 valence electrons. The van der Waals surface area contributed by atoms with Crippen LogP contribution >= 0.6 is 0 Å². The number of nitrogens with two attached hydrogens (primary N) is 1. The molecule has 0 atom stereocenters. The second-order valence-electron chi connectivity index (χ2n) is 4.40. The zero-order valence-electron chi connectivity index (χ0n) is 11.1. The predicted octanol–water partition coefficient (Wildman–Crippen LogP) is 1.71. The predicted molar refractivity (Wildman–Crippen MR) is 74.5 cm³/mol. The molecular formula is C13H22N2O2S. The Morgan fingerprint density at radius 1 is 1.22 bits per heavy atom. The molecular weight excluding hydrogens is 248 g/mol. The van der Waals surface area contributed by atoms with E-state index in [0.29, 0.717) is 19.5 Å². The highest BCUT2D eigenvalue weighted by Crippen LogP contribution is 2.13. The van der Waals surface area contributed by atoms with E-state index in [1.54, 1.807) is 7.05 Å². The molecule has 0 fully saturated rings. The van der Waals surface area contributed by atoms with Crippen LogP contribution in [0.4, 0.5) is 0 Å². The Morgan fingerprint density at radius 3 is 2.39 bits per heavy atom. The molecule has 0 amide bonds. The van der Waals surface area contributed by atoms with E-state index in [1.807, 2.05) is 31.2 Å². The summed E-state index contributed by atoms with van der Waals surface area (Å²) < 4.78 is 25.4. The number of hydrogen-bond donors (Lipinski definition) is 1. The molecule has 0 spiro atoms. The average molecular weight is 270 g/mol. The molecule has 1 aromatic carbocycles. The van der Waals surface area contributed by atoms with Crippen LogP contribution in [0.1, 0.15) is 30.9 Å². The molecule has 0 heterocycles. The Kier molecular flexibility index (Phi) is 5.78. The van der Waals surface area contributed by atoms with Crippen LogP contribution in [0, 0.1) is 0 Å². The summed E-state index contributed by atoms with van der Waals surface area (Å²) in [6.07, 6.45) is 1.58. The van der Waals surface area contributed by atoms with Gasteiger partial charge in [0.25, 0.3) is 0 Å². The van der Waals surface area contributed by atoms with Crippen molar-refractivity contribution in [1.29, 1.82) is 0 Å². The molecule has 0 unspecified atom stereocenters. The van der Waals surface area contributed by atoms with Gasteiger partial charge in [-0.1, -0.05) is 37.6 Å². The van der Waals surface area contributed by atoms with Gasteiger partial charge in [-0.25, -0.2) is 12.7 Å². The van der Waals surface area contributed by atoms with Crippen LogP contribution in [0.3, 0.4) is 0 Å². The maximum atomic E-state index is 12.0. The van der Waals surface area contributed by atoms with E-state index >= 15 is 0 Å². The molecule has 0 aliphatic heterocycles. The van der Waals surface area contributed by atoms with E-state index in [0.717, 1.165) is 17.5 Å². The van der Waals surface area contributed by atoms with Crippen molar-refractivity contribution in [3.63, 3.8) is 0 Å². The SMILES string of the molecule is CCCCS(=O)(=O)N(C)Cc1ccccc1CN. The van der Waals surface area contributed by atoms with Crippen molar-refractivity contribution in [2.75, 3.05) is 12.8 Å². The Labute approximate surface area is 110 Å². The third-order valence-electron chi connectivity index (χ3n) is 2.96. The monoisotopic (exact) mass is 270 g/mol. The zero-order valence-corrected chi connectivity index (χ0v) is 11.9. The Bertz CT molecular complexity index is 472. The molecule has 0 aliphatic carbocycles. The highest BCUT2D eigenvalue weighted by molar-refractivity contribution is 7.89. The van der Waals surface area contributed by atoms with Crippen LogP contribution in [0.25, 0.3) is 0 Å². The van der Waals surface area contributed by atoms with Crippen LogP contribution in [0.15, 0.2) is 24.3 Å². The van der Waals surface area contributed by atoms with Crippen LogP contribution < -0.4 is 5.73 Å². The summed E-state index contributed by atoms with van der Waals surface area (Å²) in [6.45, 7) is 2.80. The normalized spacial score (nSPS) is 12.0. The largest absolute Gasteiger partial charge is 0.326 e. The number of rotatable bonds is 7. The molecule has 5 heteroatoms. The van der Waals surface area contributed by atoms with Gasteiger partial charge in [-0.2, -0.15) is 0 Å². The van der Waals surface area contributed by atoms with Gasteiger partial charge in [-0.15, -0.1) is 0 Å². The first-order valence-corrected chi connectivity index (χ1v) is 7.83. The van der Waals surface area contributed by atoms with Gasteiger partial charge in [0, 0.05) is 20.1 Å². The molecule has 0 aliphatic rings. The molecule has 0 saturated carbocycles. The van der Waals surface area contributed by atoms with Gasteiger partial charge >= 0.3 is 0 Å². The summed E-state index contributed by atoms with van der Waals surface area (Å²) in [5.74, 6) is 0.213. The second kappa shape index (κ2) is 6.87. The first-order chi connectivity index (χ1) is 8.51. The van der Waals surface area contributed by atoms with Gasteiger partial charge in [0.05, 0.1) is 5.75 Å². The van der Waals surface area contributed by atoms with Crippen molar-refractivity contribution in [2.45, 2.75) is 32.9 Å². The second-order valence-corrected chi connectivity index (χ2v) is 6.59. The molecule has 1 aromatic rings. The maximum absolute atomic E-state index is 12.0. The van der Waals surface area contributed by atoms with E-state index in [1.165, 1.54) is 4.31 Å². The summed E-state index contributed by atoms with van der Waals surface area (Å²) in [4.78, 5) is 0. The van der Waals surface area contributed by atoms with E-state index in [-0.39, 0.29) is 5.75 Å². The number of benzene rings is 1. The fraction of sp³-hybridized carbons (Fsp3) is 0.538. The summed E-state index contributed by atoms with van der Waals surface area (Å²) in [7, 11) is -1.53. The van der Waals surface area contributed by atoms with E-state index in [9.17, 15) is 8.42 Å². The lowest BCUT2D eigenvalue weighted by Crippen LogP contribution is -2.29. The van der Waals surface area contributed by atoms with E-state index < -0.39 is 10.0 Å². The highest BCUT2D eigenvalue weighted by Gasteiger charge is 2.17. The smallest absolute Gasteiger partial charge is 0.214 e. The minimum atomic E-state index is -3.15. The summed E-state index contributed by atoms with van der Waals surface area (Å²) in [5, 5.41) is 0. The highest BCUT2D eigenvalue weighted by atomic mass is 32.2. The van der Waals surface area contributed by atoms with Crippen molar-refractivity contribution in [3.05, 3.63) is 35.4 Å². The molecule has 1 rings (SSSR count). The first kappa shape index (κ1) is 15.1. The van der Waals surface area contributed by atoms with Crippen molar-refractivity contribution in [1.82, 2.24) is 4.31 Å². The molecule has 4 nitrogen and oxygen atoms in total. The number of nitrogens with zero attached hydrogens (tertiary/aromatic N) is 1. The third-order valence-corrected chi connectivity index (χ3v) is 4.85. The van der Waals surface area contributed by atoms with Crippen LogP contribution in [-0.4, -0.2) is 25.5 Å². The van der Waals surface area contributed by atoms with Crippen LogP contribution in [0.5, 0.6) is 0 Å². The molecule has 0 bridgehead atoms. The van der Waals surface area contributed by atoms with Gasteiger partial charge in [0.2, 0.25) is 10.0 Å². The van der Waals surface area contributed by atoms with Crippen molar-refractivity contribution in [3.8, 4) is 0 Å². The fourth-order valence-corrected chi connectivity index (χ4v) is 3.03. The average Bonchev–Trinajstić information content (AvgIpc) is 2.37. The molecule has 18 heavy (non-hydrogen) atoms. The van der Waals surface area contributed by atoms with Gasteiger partial charge in [-0.05, 0) is 17.5 Å². The van der Waals surface area contributed by atoms with Crippen molar-refractivity contribution in [2.24, 2.45) is 5.73 Å². The van der Waals surface area contributed by atoms with Crippen LogP contribution in [-0.2, 0) is 23.1 Å². The number of unbranched alkanes of at least 4 members (excludes halogenated alkanes) is 1. The zero-order chi connectivity index (χ0) is 13.6. The molecule has 2 N–H and O–H groups in total. The number of hydrogen-bond acceptors (Lipinski definition) is 3. The lowest BCUT2D eigenvalue weighted by Gasteiger charge is -2.18. The minimum Gasteiger partial charge on any atom is -0.326 e. The molecule has 0 radical (unpaired) electrons. The van der Waals surface area contributed by atoms with Gasteiger partial charge in [0.15, 0.2) is 0 Å². The lowest BCUT2D eigenvalue weighted by molar-refractivity contribution is 0.463. The van der Waals surface area contributed by atoms with E-state index in [4.69, 9.17) is 5.73 Å². The first-order valence-electron chi connectivity index (χ1n) is 6.22. The molecule has 0 saturated heterocycles. The van der Waals surface area contributed by atoms with Crippen LogP contribution in [0.2, 0.25) is 0 Å². The standard InChI is InChI=1S/C13H22N2O2S/c1-3-4-9-18(16,17)15(2)11-13-8-6-5-7-12(13)10-14/h5-8H,3-4,9-11,14H2,1-2H3. The Hall–Kier alpha value is -0.910. The summed E-state index contributed by atoms with van der Waals surface area (Å²) >= 11 is 0. The summed E-state index contributed by atoms with van der Waals surface area (Å²) in [5.41, 5.74) is 7.62. The quantitative estimate of drug-likeness (QED) is 0.820. The number of sulfonamides is 1. The van der Waals surface area contributed by atoms with E-state index in [2.05, 4.69) is 0 Å². The Morgan fingerprint density at radius 2 is 1.83 bits per heavy atom. The third kappa shape index (κ3) is 4.08. The van der Waals surface area contributed by atoms with Gasteiger partial charge < -0.3 is 5.73 Å².